The van der Waals surface area contributed by atoms with Crippen LogP contribution in [-0.4, -0.2) is 29.5 Å². The van der Waals surface area contributed by atoms with Gasteiger partial charge in [-0.15, -0.1) is 23.7 Å². The van der Waals surface area contributed by atoms with E-state index in [1.165, 1.54) is 42.2 Å². The Hall–Kier alpha value is -0.160. The minimum absolute atomic E-state index is 0. The van der Waals surface area contributed by atoms with Crippen LogP contribution in [0.1, 0.15) is 29.1 Å². The molecule has 3 nitrogen and oxygen atoms in total. The normalized spacial score (nSPS) is 21.2. The molecule has 0 bridgehead atoms. The Morgan fingerprint density at radius 2 is 2.41 bits per heavy atom. The summed E-state index contributed by atoms with van der Waals surface area (Å²) in [5.74, 6) is 0.813. The molecule has 98 valence electrons. The Labute approximate surface area is 114 Å². The number of halogens is 1. The fraction of sp³-hybridized carbons (Fsp3) is 0.750. The molecule has 1 saturated heterocycles. The SMILES string of the molecule is Cc1ncc(CN2CCCC(CCN)C2)s1.Cl. The lowest BCUT2D eigenvalue weighted by molar-refractivity contribution is 0.164. The number of rotatable bonds is 4. The van der Waals surface area contributed by atoms with Crippen LogP contribution >= 0.6 is 23.7 Å². The minimum atomic E-state index is 0. The molecule has 17 heavy (non-hydrogen) atoms. The molecule has 2 heterocycles. The molecule has 1 aromatic heterocycles. The highest BCUT2D eigenvalue weighted by Crippen LogP contribution is 2.22. The topological polar surface area (TPSA) is 42.2 Å². The first-order valence-electron chi connectivity index (χ1n) is 6.11. The van der Waals surface area contributed by atoms with Gasteiger partial charge in [0.1, 0.15) is 0 Å². The first-order valence-corrected chi connectivity index (χ1v) is 6.93. The third-order valence-electron chi connectivity index (χ3n) is 3.23. The van der Waals surface area contributed by atoms with Gasteiger partial charge < -0.3 is 5.73 Å². The third kappa shape index (κ3) is 4.54. The number of hydrogen-bond donors (Lipinski definition) is 1. The maximum Gasteiger partial charge on any atom is 0.0897 e. The number of nitrogens with two attached hydrogens (primary N) is 1. The van der Waals surface area contributed by atoms with Crippen molar-refractivity contribution in [2.45, 2.75) is 32.7 Å². The van der Waals surface area contributed by atoms with E-state index in [4.69, 9.17) is 5.73 Å². The van der Waals surface area contributed by atoms with Crippen molar-refractivity contribution < 1.29 is 0 Å². The number of aryl methyl sites for hydroxylation is 1. The lowest BCUT2D eigenvalue weighted by Crippen LogP contribution is -2.35. The van der Waals surface area contributed by atoms with Crippen LogP contribution in [0.15, 0.2) is 6.20 Å². The van der Waals surface area contributed by atoms with Gasteiger partial charge in [0.25, 0.3) is 0 Å². The molecular weight excluding hydrogens is 254 g/mol. The van der Waals surface area contributed by atoms with E-state index in [2.05, 4.69) is 16.8 Å². The predicted molar refractivity (Wildman–Crippen MR) is 75.8 cm³/mol. The molecule has 0 saturated carbocycles. The largest absolute Gasteiger partial charge is 0.330 e. The van der Waals surface area contributed by atoms with Crippen molar-refractivity contribution in [3.63, 3.8) is 0 Å². The molecular formula is C12H22ClN3S. The molecule has 0 amide bonds. The number of nitrogens with zero attached hydrogens (tertiary/aromatic N) is 2. The lowest BCUT2D eigenvalue weighted by atomic mass is 9.95. The highest BCUT2D eigenvalue weighted by atomic mass is 35.5. The zero-order valence-corrected chi connectivity index (χ0v) is 12.0. The summed E-state index contributed by atoms with van der Waals surface area (Å²) in [6, 6.07) is 0. The molecule has 1 aliphatic rings. The molecule has 1 aromatic rings. The van der Waals surface area contributed by atoms with Crippen LogP contribution in [0.25, 0.3) is 0 Å². The molecule has 5 heteroatoms. The molecule has 0 radical (unpaired) electrons. The third-order valence-corrected chi connectivity index (χ3v) is 4.12. The van der Waals surface area contributed by atoms with Crippen LogP contribution in [0.2, 0.25) is 0 Å². The summed E-state index contributed by atoms with van der Waals surface area (Å²) < 4.78 is 0. The minimum Gasteiger partial charge on any atom is -0.330 e. The second-order valence-electron chi connectivity index (χ2n) is 4.67. The van der Waals surface area contributed by atoms with Crippen LogP contribution in [-0.2, 0) is 6.54 Å². The van der Waals surface area contributed by atoms with Crippen molar-refractivity contribution in [1.29, 1.82) is 0 Å². The van der Waals surface area contributed by atoms with E-state index in [0.29, 0.717) is 0 Å². The number of aromatic nitrogens is 1. The van der Waals surface area contributed by atoms with E-state index in [9.17, 15) is 0 Å². The van der Waals surface area contributed by atoms with Crippen LogP contribution in [0, 0.1) is 12.8 Å². The van der Waals surface area contributed by atoms with Gasteiger partial charge in [0.2, 0.25) is 0 Å². The van der Waals surface area contributed by atoms with Gasteiger partial charge in [-0.3, -0.25) is 4.90 Å². The van der Waals surface area contributed by atoms with Gasteiger partial charge in [-0.05, 0) is 45.2 Å². The highest BCUT2D eigenvalue weighted by Gasteiger charge is 2.19. The number of likely N-dealkylation sites (tertiary alicyclic amines) is 1. The van der Waals surface area contributed by atoms with Crippen molar-refractivity contribution in [1.82, 2.24) is 9.88 Å². The van der Waals surface area contributed by atoms with E-state index >= 15 is 0 Å². The van der Waals surface area contributed by atoms with Crippen molar-refractivity contribution in [3.8, 4) is 0 Å². The quantitative estimate of drug-likeness (QED) is 0.918. The van der Waals surface area contributed by atoms with Crippen molar-refractivity contribution in [3.05, 3.63) is 16.1 Å². The van der Waals surface area contributed by atoms with Gasteiger partial charge in [0.15, 0.2) is 0 Å². The molecule has 2 rings (SSSR count). The van der Waals surface area contributed by atoms with Gasteiger partial charge in [-0.25, -0.2) is 4.98 Å². The first kappa shape index (κ1) is 14.9. The molecule has 0 spiro atoms. The predicted octanol–water partition coefficient (Wildman–Crippen LogP) is 2.43. The lowest BCUT2D eigenvalue weighted by Gasteiger charge is -2.32. The Kier molecular flexibility index (Phi) is 6.41. The highest BCUT2D eigenvalue weighted by molar-refractivity contribution is 7.11. The van der Waals surface area contributed by atoms with Crippen LogP contribution < -0.4 is 5.73 Å². The molecule has 1 unspecified atom stereocenters. The second kappa shape index (κ2) is 7.31. The van der Waals surface area contributed by atoms with Crippen LogP contribution in [0.4, 0.5) is 0 Å². The molecule has 1 fully saturated rings. The average molecular weight is 276 g/mol. The first-order chi connectivity index (χ1) is 7.78. The Balaban J connectivity index is 0.00000144. The summed E-state index contributed by atoms with van der Waals surface area (Å²) in [4.78, 5) is 8.26. The standard InChI is InChI=1S/C12H21N3S.ClH/c1-10-14-7-12(16-10)9-15-6-2-3-11(8-15)4-5-13;/h7,11H,2-6,8-9,13H2,1H3;1H. The summed E-state index contributed by atoms with van der Waals surface area (Å²) in [5, 5.41) is 1.17. The monoisotopic (exact) mass is 275 g/mol. The summed E-state index contributed by atoms with van der Waals surface area (Å²) >= 11 is 1.82. The summed E-state index contributed by atoms with van der Waals surface area (Å²) in [6.45, 7) is 6.43. The average Bonchev–Trinajstić information content (AvgIpc) is 2.65. The Morgan fingerprint density at radius 3 is 3.06 bits per heavy atom. The fourth-order valence-electron chi connectivity index (χ4n) is 2.47. The van der Waals surface area contributed by atoms with Crippen LogP contribution in [0.3, 0.4) is 0 Å². The van der Waals surface area contributed by atoms with Gasteiger partial charge in [-0.2, -0.15) is 0 Å². The zero-order chi connectivity index (χ0) is 11.4. The number of thiazole rings is 1. The Bertz CT molecular complexity index is 327. The molecule has 0 aromatic carbocycles. The second-order valence-corrected chi connectivity index (χ2v) is 5.99. The van der Waals surface area contributed by atoms with E-state index in [1.807, 2.05) is 17.5 Å². The van der Waals surface area contributed by atoms with Crippen LogP contribution in [0.5, 0.6) is 0 Å². The fourth-order valence-corrected chi connectivity index (χ4v) is 3.30. The van der Waals surface area contributed by atoms with Gasteiger partial charge in [0.05, 0.1) is 5.01 Å². The molecule has 1 aliphatic heterocycles. The van der Waals surface area contributed by atoms with Crippen molar-refractivity contribution in [2.75, 3.05) is 19.6 Å². The smallest absolute Gasteiger partial charge is 0.0897 e. The molecule has 1 atom stereocenters. The summed E-state index contributed by atoms with van der Waals surface area (Å²) in [5.41, 5.74) is 5.63. The maximum atomic E-state index is 5.63. The van der Waals surface area contributed by atoms with Gasteiger partial charge in [-0.1, -0.05) is 0 Å². The van der Waals surface area contributed by atoms with Crippen molar-refractivity contribution >= 4 is 23.7 Å². The van der Waals surface area contributed by atoms with E-state index in [1.54, 1.807) is 0 Å². The van der Waals surface area contributed by atoms with Gasteiger partial charge >= 0.3 is 0 Å². The Morgan fingerprint density at radius 1 is 1.59 bits per heavy atom. The number of hydrogen-bond acceptors (Lipinski definition) is 4. The van der Waals surface area contributed by atoms with Crippen molar-refractivity contribution in [2.24, 2.45) is 11.7 Å². The van der Waals surface area contributed by atoms with Gasteiger partial charge in [0, 0.05) is 24.2 Å². The zero-order valence-electron chi connectivity index (χ0n) is 10.4. The molecule has 0 aliphatic carbocycles. The van der Waals surface area contributed by atoms with E-state index in [0.717, 1.165) is 19.0 Å². The van der Waals surface area contributed by atoms with E-state index in [-0.39, 0.29) is 12.4 Å². The van der Waals surface area contributed by atoms with E-state index < -0.39 is 0 Å². The molecule has 2 N–H and O–H groups in total. The number of piperidine rings is 1. The maximum absolute atomic E-state index is 5.63. The summed E-state index contributed by atoms with van der Waals surface area (Å²) in [7, 11) is 0. The summed E-state index contributed by atoms with van der Waals surface area (Å²) in [6.07, 6.45) is 5.88.